The van der Waals surface area contributed by atoms with Gasteiger partial charge in [-0.05, 0) is 54.2 Å². The summed E-state index contributed by atoms with van der Waals surface area (Å²) in [6.45, 7) is 2.39. The van der Waals surface area contributed by atoms with Crippen LogP contribution in [0.4, 0.5) is 10.2 Å². The molecule has 0 aliphatic carbocycles. The number of carboxylic acid groups (broad SMARTS) is 1. The Labute approximate surface area is 292 Å². The van der Waals surface area contributed by atoms with Crippen LogP contribution in [0.5, 0.6) is 0 Å². The van der Waals surface area contributed by atoms with E-state index in [0.717, 1.165) is 80.0 Å². The number of nitrogens with one attached hydrogen (secondary N) is 1. The Morgan fingerprint density at radius 2 is 1.54 bits per heavy atom. The summed E-state index contributed by atoms with van der Waals surface area (Å²) in [5.41, 5.74) is 16.3. The van der Waals surface area contributed by atoms with E-state index in [0.29, 0.717) is 29.4 Å². The fourth-order valence-corrected chi connectivity index (χ4v) is 6.10. The number of carbonyl (C=O) groups excluding carboxylic acids is 3. The molecule has 0 radical (unpaired) electrons. The number of nitrogen functional groups attached to an aromatic ring is 1. The molecule has 0 aliphatic rings. The first kappa shape index (κ1) is 37.9. The van der Waals surface area contributed by atoms with Crippen LogP contribution in [-0.4, -0.2) is 51.0 Å². The number of hydrogen-bond donors (Lipinski definition) is 4. The first-order valence-electron chi connectivity index (χ1n) is 17.4. The molecule has 4 aromatic rings. The van der Waals surface area contributed by atoms with Crippen LogP contribution < -0.4 is 16.8 Å². The topological polar surface area (TPSA) is 170 Å². The molecule has 1 aromatic heterocycles. The smallest absolute Gasteiger partial charge is 0.321 e. The number of fused-ring (bicyclic) bond motifs is 1. The van der Waals surface area contributed by atoms with Gasteiger partial charge in [0, 0.05) is 25.8 Å². The van der Waals surface area contributed by atoms with Gasteiger partial charge >= 0.3 is 5.97 Å². The van der Waals surface area contributed by atoms with Crippen LogP contribution >= 0.6 is 0 Å². The summed E-state index contributed by atoms with van der Waals surface area (Å²) in [5.74, 6) is -1.76. The van der Waals surface area contributed by atoms with Gasteiger partial charge in [-0.15, -0.1) is 5.10 Å². The Kier molecular flexibility index (Phi) is 14.2. The molecule has 11 heteroatoms. The molecule has 0 unspecified atom stereocenters. The first-order chi connectivity index (χ1) is 24.0. The van der Waals surface area contributed by atoms with E-state index in [1.54, 1.807) is 12.1 Å². The Balaban J connectivity index is 1.18. The molecule has 0 fully saturated rings. The van der Waals surface area contributed by atoms with Gasteiger partial charge in [0.15, 0.2) is 5.82 Å². The highest BCUT2D eigenvalue weighted by Crippen LogP contribution is 2.33. The van der Waals surface area contributed by atoms with Gasteiger partial charge < -0.3 is 21.9 Å². The van der Waals surface area contributed by atoms with Gasteiger partial charge in [0.1, 0.15) is 17.6 Å². The number of aryl methyl sites for hydroxylation is 1. The van der Waals surface area contributed by atoms with Crippen molar-refractivity contribution in [3.05, 3.63) is 83.2 Å². The number of carboxylic acids is 1. The molecule has 0 aliphatic heterocycles. The summed E-state index contributed by atoms with van der Waals surface area (Å²) >= 11 is 0. The first-order valence-corrected chi connectivity index (χ1v) is 17.4. The van der Waals surface area contributed by atoms with Gasteiger partial charge in [0.25, 0.3) is 0 Å². The van der Waals surface area contributed by atoms with Crippen molar-refractivity contribution in [1.29, 1.82) is 0 Å². The maximum absolute atomic E-state index is 14.1. The van der Waals surface area contributed by atoms with Crippen LogP contribution in [0.3, 0.4) is 0 Å². The second kappa shape index (κ2) is 18.7. The summed E-state index contributed by atoms with van der Waals surface area (Å²) in [4.78, 5) is 48.2. The predicted octanol–water partition coefficient (Wildman–Crippen LogP) is 6.55. The molecule has 0 spiro atoms. The lowest BCUT2D eigenvalue weighted by Gasteiger charge is -2.08. The number of carbonyl (C=O) groups is 4. The van der Waals surface area contributed by atoms with Crippen LogP contribution in [0.2, 0.25) is 0 Å². The van der Waals surface area contributed by atoms with Crippen molar-refractivity contribution >= 4 is 40.3 Å². The SMILES string of the molecule is Cc1ccc(F)c(CC(=O)Cc2ccc(-c3cccc4c3c(N)nn4C(=O)CCCCCCCCCCCNC(=O)C[C@H](N)C(=O)O)cc2)c1. The molecule has 1 atom stereocenters. The maximum Gasteiger partial charge on any atom is 0.321 e. The number of nitrogens with two attached hydrogens (primary N) is 2. The zero-order chi connectivity index (χ0) is 36.0. The van der Waals surface area contributed by atoms with Crippen molar-refractivity contribution in [2.24, 2.45) is 5.73 Å². The normalized spacial score (nSPS) is 11.8. The van der Waals surface area contributed by atoms with Crippen molar-refractivity contribution in [3.8, 4) is 11.1 Å². The number of anilines is 1. The van der Waals surface area contributed by atoms with E-state index in [1.807, 2.05) is 49.4 Å². The average molecular weight is 686 g/mol. The van der Waals surface area contributed by atoms with Crippen molar-refractivity contribution in [3.63, 3.8) is 0 Å². The van der Waals surface area contributed by atoms with Crippen molar-refractivity contribution in [2.75, 3.05) is 12.3 Å². The number of nitrogens with zero attached hydrogens (tertiary/aromatic N) is 2. The van der Waals surface area contributed by atoms with Gasteiger partial charge in [-0.25, -0.2) is 4.39 Å². The number of aliphatic carboxylic acids is 1. The highest BCUT2D eigenvalue weighted by Gasteiger charge is 2.18. The molecule has 3 aromatic carbocycles. The second-order valence-corrected chi connectivity index (χ2v) is 13.0. The minimum absolute atomic E-state index is 0.0426. The molecule has 266 valence electrons. The van der Waals surface area contributed by atoms with E-state index in [4.69, 9.17) is 16.6 Å². The highest BCUT2D eigenvalue weighted by atomic mass is 19.1. The predicted molar refractivity (Wildman–Crippen MR) is 193 cm³/mol. The fraction of sp³-hybridized carbons (Fsp3) is 0.410. The number of halogens is 1. The van der Waals surface area contributed by atoms with Gasteiger partial charge in [-0.3, -0.25) is 19.2 Å². The average Bonchev–Trinajstić information content (AvgIpc) is 3.43. The molecule has 4 rings (SSSR count). The Morgan fingerprint density at radius 3 is 2.22 bits per heavy atom. The number of aromatic nitrogens is 2. The van der Waals surface area contributed by atoms with E-state index < -0.39 is 12.0 Å². The maximum atomic E-state index is 14.1. The fourth-order valence-electron chi connectivity index (χ4n) is 6.10. The monoisotopic (exact) mass is 685 g/mol. The zero-order valence-corrected chi connectivity index (χ0v) is 28.8. The van der Waals surface area contributed by atoms with Gasteiger partial charge in [0.2, 0.25) is 11.8 Å². The molecule has 1 heterocycles. The highest BCUT2D eigenvalue weighted by molar-refractivity contribution is 6.05. The number of Topliss-reactive ketones (excluding diaryl/α,β-unsaturated/α-hetero) is 1. The lowest BCUT2D eigenvalue weighted by atomic mass is 9.97. The number of amides is 1. The summed E-state index contributed by atoms with van der Waals surface area (Å²) in [5, 5.41) is 16.6. The quantitative estimate of drug-likeness (QED) is 0.0759. The van der Waals surface area contributed by atoms with Crippen molar-refractivity contribution < 1.29 is 28.7 Å². The standard InChI is InChI=1S/C39H48FN5O5/c1-26-15-20-32(40)29(22-26)24-30(46)23-27-16-18-28(19-17-27)31-12-11-13-34-37(31)38(42)44-45(34)36(48)14-9-7-5-3-2-4-6-8-10-21-43-35(47)25-33(41)39(49)50/h11-13,15-20,22,33H,2-10,14,21,23-25,41H2,1H3,(H2,42,44)(H,43,47)(H,49,50)/t33-/m0/s1. The second-order valence-electron chi connectivity index (χ2n) is 13.0. The zero-order valence-electron chi connectivity index (χ0n) is 28.8. The van der Waals surface area contributed by atoms with E-state index >= 15 is 0 Å². The Hall–Kier alpha value is -4.90. The summed E-state index contributed by atoms with van der Waals surface area (Å²) in [7, 11) is 0. The minimum atomic E-state index is -1.18. The van der Waals surface area contributed by atoms with Crippen LogP contribution in [0, 0.1) is 12.7 Å². The Morgan fingerprint density at radius 1 is 0.880 bits per heavy atom. The van der Waals surface area contributed by atoms with E-state index in [-0.39, 0.29) is 48.5 Å². The number of benzene rings is 3. The number of hydrogen-bond acceptors (Lipinski definition) is 7. The third-order valence-electron chi connectivity index (χ3n) is 8.84. The van der Waals surface area contributed by atoms with E-state index in [2.05, 4.69) is 10.4 Å². The largest absolute Gasteiger partial charge is 0.480 e. The van der Waals surface area contributed by atoms with Crippen LogP contribution in [-0.2, 0) is 27.2 Å². The van der Waals surface area contributed by atoms with Gasteiger partial charge in [-0.1, -0.05) is 99.0 Å². The molecule has 10 nitrogen and oxygen atoms in total. The third-order valence-corrected chi connectivity index (χ3v) is 8.84. The Bertz CT molecular complexity index is 1790. The molecule has 0 saturated carbocycles. The molecular weight excluding hydrogens is 637 g/mol. The van der Waals surface area contributed by atoms with Crippen LogP contribution in [0.1, 0.15) is 92.1 Å². The molecular formula is C39H48FN5O5. The van der Waals surface area contributed by atoms with Crippen molar-refractivity contribution in [2.45, 2.75) is 96.4 Å². The number of unbranched alkanes of at least 4 members (excludes halogenated alkanes) is 8. The molecule has 6 N–H and O–H groups in total. The summed E-state index contributed by atoms with van der Waals surface area (Å²) in [6, 6.07) is 16.9. The summed E-state index contributed by atoms with van der Waals surface area (Å²) in [6.07, 6.45) is 9.39. The van der Waals surface area contributed by atoms with Gasteiger partial charge in [-0.2, -0.15) is 4.68 Å². The van der Waals surface area contributed by atoms with Gasteiger partial charge in [0.05, 0.1) is 17.3 Å². The number of ketones is 1. The minimum Gasteiger partial charge on any atom is -0.480 e. The molecule has 1 amide bonds. The summed E-state index contributed by atoms with van der Waals surface area (Å²) < 4.78 is 15.5. The van der Waals surface area contributed by atoms with Crippen LogP contribution in [0.25, 0.3) is 22.0 Å². The lowest BCUT2D eigenvalue weighted by Crippen LogP contribution is -2.37. The van der Waals surface area contributed by atoms with Crippen molar-refractivity contribution in [1.82, 2.24) is 15.1 Å². The number of rotatable bonds is 20. The molecule has 0 saturated heterocycles. The van der Waals surface area contributed by atoms with E-state index in [1.165, 1.54) is 10.7 Å². The molecule has 0 bridgehead atoms. The molecule has 50 heavy (non-hydrogen) atoms. The lowest BCUT2D eigenvalue weighted by molar-refractivity contribution is -0.140. The van der Waals surface area contributed by atoms with E-state index in [9.17, 15) is 23.6 Å². The third kappa shape index (κ3) is 11.1. The van der Waals surface area contributed by atoms with Crippen LogP contribution in [0.15, 0.2) is 60.7 Å².